The van der Waals surface area contributed by atoms with E-state index in [1.165, 1.54) is 6.07 Å². The van der Waals surface area contributed by atoms with Gasteiger partial charge in [-0.05, 0) is 30.9 Å². The first-order chi connectivity index (χ1) is 12.7. The molecule has 0 amide bonds. The molecule has 0 N–H and O–H groups in total. The van der Waals surface area contributed by atoms with Crippen molar-refractivity contribution in [3.8, 4) is 11.9 Å². The number of methoxy groups -OCH3 is 1. The second kappa shape index (κ2) is 6.79. The molecule has 2 aromatic rings. The van der Waals surface area contributed by atoms with E-state index in [1.54, 1.807) is 31.5 Å². The van der Waals surface area contributed by atoms with E-state index in [-0.39, 0.29) is 11.9 Å². The highest BCUT2D eigenvalue weighted by molar-refractivity contribution is 5.62. The summed E-state index contributed by atoms with van der Waals surface area (Å²) >= 11 is 0. The van der Waals surface area contributed by atoms with Crippen LogP contribution in [0.5, 0.6) is 5.88 Å². The number of rotatable bonds is 3. The highest BCUT2D eigenvalue weighted by Crippen LogP contribution is 2.38. The van der Waals surface area contributed by atoms with Gasteiger partial charge in [0.15, 0.2) is 0 Å². The second-order valence-electron chi connectivity index (χ2n) is 6.69. The lowest BCUT2D eigenvalue weighted by molar-refractivity contribution is 0.379. The van der Waals surface area contributed by atoms with Crippen molar-refractivity contribution in [2.45, 2.75) is 18.9 Å². The molecule has 0 saturated carbocycles. The monoisotopic (exact) mass is 353 g/mol. The standard InChI is InChI=1S/C19H20FN5O/c1-26-17-5-8-22-19(23-17)24-9-6-13-7-10-25(16(13)12-24)18-14(11-21)3-2-4-15(18)20/h2-5,8,13,16H,6-7,9-10,12H2,1H3. The number of nitriles is 1. The number of piperidine rings is 1. The van der Waals surface area contributed by atoms with Crippen LogP contribution in [0.1, 0.15) is 18.4 Å². The van der Waals surface area contributed by atoms with E-state index >= 15 is 0 Å². The van der Waals surface area contributed by atoms with Gasteiger partial charge in [-0.15, -0.1) is 0 Å². The predicted molar refractivity (Wildman–Crippen MR) is 95.8 cm³/mol. The molecule has 3 heterocycles. The Kier molecular flexibility index (Phi) is 4.33. The van der Waals surface area contributed by atoms with Crippen molar-refractivity contribution >= 4 is 11.6 Å². The van der Waals surface area contributed by atoms with E-state index < -0.39 is 0 Å². The molecule has 134 valence electrons. The third kappa shape index (κ3) is 2.81. The van der Waals surface area contributed by atoms with Crippen LogP contribution in [0.25, 0.3) is 0 Å². The molecule has 4 rings (SSSR count). The lowest BCUT2D eigenvalue weighted by atomic mass is 9.92. The SMILES string of the molecule is COc1ccnc(N2CCC3CCN(c4c(F)cccc4C#N)C3C2)n1. The Morgan fingerprint density at radius 3 is 2.92 bits per heavy atom. The van der Waals surface area contributed by atoms with Crippen molar-refractivity contribution in [1.82, 2.24) is 9.97 Å². The Morgan fingerprint density at radius 1 is 1.27 bits per heavy atom. The number of para-hydroxylation sites is 1. The topological polar surface area (TPSA) is 65.3 Å². The Morgan fingerprint density at radius 2 is 2.12 bits per heavy atom. The quantitative estimate of drug-likeness (QED) is 0.845. The van der Waals surface area contributed by atoms with E-state index in [1.807, 2.05) is 0 Å². The Balaban J connectivity index is 1.63. The van der Waals surface area contributed by atoms with Crippen molar-refractivity contribution in [3.63, 3.8) is 0 Å². The van der Waals surface area contributed by atoms with Crippen LogP contribution in [-0.2, 0) is 0 Å². The van der Waals surface area contributed by atoms with Crippen molar-refractivity contribution in [2.75, 3.05) is 36.5 Å². The van der Waals surface area contributed by atoms with Gasteiger partial charge in [0.2, 0.25) is 11.8 Å². The molecule has 2 aliphatic rings. The molecule has 1 aromatic heterocycles. The van der Waals surface area contributed by atoms with Crippen LogP contribution in [0.2, 0.25) is 0 Å². The van der Waals surface area contributed by atoms with E-state index in [9.17, 15) is 9.65 Å². The van der Waals surface area contributed by atoms with Gasteiger partial charge in [-0.2, -0.15) is 10.2 Å². The zero-order chi connectivity index (χ0) is 18.1. The average molecular weight is 353 g/mol. The van der Waals surface area contributed by atoms with Gasteiger partial charge < -0.3 is 14.5 Å². The molecule has 2 saturated heterocycles. The first-order valence-electron chi connectivity index (χ1n) is 8.78. The molecule has 2 aliphatic heterocycles. The molecule has 26 heavy (non-hydrogen) atoms. The molecule has 0 spiro atoms. The number of hydrogen-bond acceptors (Lipinski definition) is 6. The van der Waals surface area contributed by atoms with Crippen LogP contribution in [0.4, 0.5) is 16.0 Å². The summed E-state index contributed by atoms with van der Waals surface area (Å²) < 4.78 is 19.7. The minimum absolute atomic E-state index is 0.141. The molecule has 0 aliphatic carbocycles. The van der Waals surface area contributed by atoms with Gasteiger partial charge in [0.05, 0.1) is 18.4 Å². The van der Waals surface area contributed by atoms with Gasteiger partial charge in [0.25, 0.3) is 0 Å². The highest BCUT2D eigenvalue weighted by atomic mass is 19.1. The smallest absolute Gasteiger partial charge is 0.228 e. The highest BCUT2D eigenvalue weighted by Gasteiger charge is 2.40. The summed E-state index contributed by atoms with van der Waals surface area (Å²) in [6, 6.07) is 8.68. The van der Waals surface area contributed by atoms with E-state index in [2.05, 4.69) is 25.8 Å². The molecule has 2 atom stereocenters. The summed E-state index contributed by atoms with van der Waals surface area (Å²) in [4.78, 5) is 13.0. The number of anilines is 2. The summed E-state index contributed by atoms with van der Waals surface area (Å²) in [6.07, 6.45) is 3.69. The average Bonchev–Trinajstić information content (AvgIpc) is 3.10. The lowest BCUT2D eigenvalue weighted by Gasteiger charge is -2.39. The van der Waals surface area contributed by atoms with Crippen molar-refractivity contribution in [3.05, 3.63) is 41.8 Å². The Bertz CT molecular complexity index is 852. The van der Waals surface area contributed by atoms with Crippen molar-refractivity contribution in [2.24, 2.45) is 5.92 Å². The first-order valence-corrected chi connectivity index (χ1v) is 8.78. The van der Waals surface area contributed by atoms with E-state index in [0.717, 1.165) is 25.9 Å². The third-order valence-corrected chi connectivity index (χ3v) is 5.37. The number of fused-ring (bicyclic) bond motifs is 1. The molecule has 0 bridgehead atoms. The van der Waals surface area contributed by atoms with E-state index in [4.69, 9.17) is 4.74 Å². The number of halogens is 1. The molecule has 2 fully saturated rings. The number of ether oxygens (including phenoxy) is 1. The summed E-state index contributed by atoms with van der Waals surface area (Å²) in [5.41, 5.74) is 0.816. The van der Waals surface area contributed by atoms with Gasteiger partial charge in [-0.3, -0.25) is 0 Å². The van der Waals surface area contributed by atoms with Crippen LogP contribution in [0.3, 0.4) is 0 Å². The zero-order valence-electron chi connectivity index (χ0n) is 14.6. The Hall–Kier alpha value is -2.88. The van der Waals surface area contributed by atoms with Gasteiger partial charge in [-0.1, -0.05) is 6.07 Å². The summed E-state index contributed by atoms with van der Waals surface area (Å²) in [5.74, 6) is 1.31. The fourth-order valence-corrected chi connectivity index (χ4v) is 4.10. The third-order valence-electron chi connectivity index (χ3n) is 5.37. The fraction of sp³-hybridized carbons (Fsp3) is 0.421. The minimum Gasteiger partial charge on any atom is -0.481 e. The largest absolute Gasteiger partial charge is 0.481 e. The molecule has 2 unspecified atom stereocenters. The van der Waals surface area contributed by atoms with Crippen molar-refractivity contribution in [1.29, 1.82) is 5.26 Å². The van der Waals surface area contributed by atoms with Gasteiger partial charge in [0.1, 0.15) is 11.9 Å². The normalized spacial score (nSPS) is 22.0. The zero-order valence-corrected chi connectivity index (χ0v) is 14.6. The second-order valence-corrected chi connectivity index (χ2v) is 6.69. The number of hydrogen-bond donors (Lipinski definition) is 0. The molecule has 7 heteroatoms. The van der Waals surface area contributed by atoms with E-state index in [0.29, 0.717) is 35.5 Å². The number of nitrogens with zero attached hydrogens (tertiary/aromatic N) is 5. The maximum atomic E-state index is 14.5. The minimum atomic E-state index is -0.334. The molecule has 6 nitrogen and oxygen atoms in total. The van der Waals surface area contributed by atoms with Crippen LogP contribution in [0.15, 0.2) is 30.5 Å². The van der Waals surface area contributed by atoms with Crippen molar-refractivity contribution < 1.29 is 9.13 Å². The van der Waals surface area contributed by atoms with Crippen LogP contribution in [-0.4, -0.2) is 42.8 Å². The Labute approximate surface area is 151 Å². The number of aromatic nitrogens is 2. The van der Waals surface area contributed by atoms with Gasteiger partial charge >= 0.3 is 0 Å². The van der Waals surface area contributed by atoms with Crippen LogP contribution in [0, 0.1) is 23.1 Å². The summed E-state index contributed by atoms with van der Waals surface area (Å²) in [7, 11) is 1.58. The van der Waals surface area contributed by atoms with Gasteiger partial charge in [0, 0.05) is 37.9 Å². The van der Waals surface area contributed by atoms with Gasteiger partial charge in [-0.25, -0.2) is 9.37 Å². The summed E-state index contributed by atoms with van der Waals surface area (Å²) in [5, 5.41) is 9.40. The van der Waals surface area contributed by atoms with Crippen LogP contribution < -0.4 is 14.5 Å². The number of benzene rings is 1. The summed E-state index contributed by atoms with van der Waals surface area (Å²) in [6.45, 7) is 2.33. The lowest BCUT2D eigenvalue weighted by Crippen LogP contribution is -2.49. The maximum Gasteiger partial charge on any atom is 0.228 e. The maximum absolute atomic E-state index is 14.5. The fourth-order valence-electron chi connectivity index (χ4n) is 4.10. The first kappa shape index (κ1) is 16.6. The molecule has 1 aromatic carbocycles. The molecular weight excluding hydrogens is 333 g/mol. The molecular formula is C19H20FN5O. The van der Waals surface area contributed by atoms with Crippen LogP contribution >= 0.6 is 0 Å². The predicted octanol–water partition coefficient (Wildman–Crippen LogP) is 2.60. The molecule has 0 radical (unpaired) electrons.